The zero-order valence-corrected chi connectivity index (χ0v) is 17.2. The lowest BCUT2D eigenvalue weighted by Crippen LogP contribution is -2.58. The predicted octanol–water partition coefficient (Wildman–Crippen LogP) is 6.60. The van der Waals surface area contributed by atoms with Crippen molar-refractivity contribution in [2.75, 3.05) is 5.32 Å². The summed E-state index contributed by atoms with van der Waals surface area (Å²) < 4.78 is 2.31. The molecule has 4 bridgehead atoms. The molecule has 132 valence electrons. The second kappa shape index (κ2) is 5.10. The van der Waals surface area contributed by atoms with Crippen molar-refractivity contribution in [1.29, 1.82) is 0 Å². The van der Waals surface area contributed by atoms with Crippen LogP contribution in [0.15, 0.2) is 28.7 Å². The Labute approximate surface area is 161 Å². The quantitative estimate of drug-likeness (QED) is 0.585. The maximum atomic E-state index is 13.4. The van der Waals surface area contributed by atoms with Crippen molar-refractivity contribution >= 4 is 48.3 Å². The van der Waals surface area contributed by atoms with Gasteiger partial charge in [0.15, 0.2) is 0 Å². The second-order valence-corrected chi connectivity index (χ2v) is 11.7. The van der Waals surface area contributed by atoms with E-state index in [4.69, 9.17) is 0 Å². The minimum absolute atomic E-state index is 0.139. The Kier molecular flexibility index (Phi) is 3.33. The first kappa shape index (κ1) is 16.3. The van der Waals surface area contributed by atoms with Gasteiger partial charge in [-0.3, -0.25) is 4.79 Å². The highest BCUT2D eigenvalue weighted by atomic mass is 79.9. The largest absolute Gasteiger partial charge is 0.317 e. The number of hydrogen-bond acceptors (Lipinski definition) is 2. The van der Waals surface area contributed by atoms with Crippen LogP contribution in [0.25, 0.3) is 10.1 Å². The first-order chi connectivity index (χ1) is 11.8. The van der Waals surface area contributed by atoms with Gasteiger partial charge in [0.1, 0.15) is 0 Å². The first-order valence-electron chi connectivity index (χ1n) is 9.27. The van der Waals surface area contributed by atoms with Gasteiger partial charge in [-0.25, -0.2) is 0 Å². The van der Waals surface area contributed by atoms with Crippen LogP contribution in [0.5, 0.6) is 0 Å². The van der Waals surface area contributed by atoms with Crippen LogP contribution in [0.4, 0.5) is 5.00 Å². The van der Waals surface area contributed by atoms with E-state index in [0.717, 1.165) is 34.7 Å². The Morgan fingerprint density at radius 3 is 2.52 bits per heavy atom. The first-order valence-corrected chi connectivity index (χ1v) is 10.9. The van der Waals surface area contributed by atoms with Crippen molar-refractivity contribution in [1.82, 2.24) is 0 Å². The summed E-state index contributed by atoms with van der Waals surface area (Å²) in [6.45, 7) is 4.85. The number of rotatable bonds is 2. The Balaban J connectivity index is 1.45. The lowest BCUT2D eigenvalue weighted by Gasteiger charge is -2.64. The summed E-state index contributed by atoms with van der Waals surface area (Å²) in [6, 6.07) is 8.42. The van der Waals surface area contributed by atoms with E-state index in [1.165, 1.54) is 29.3 Å². The number of fused-ring (bicyclic) bond motifs is 1. The zero-order valence-electron chi connectivity index (χ0n) is 14.8. The molecule has 1 aromatic heterocycles. The number of nitrogens with one attached hydrogen (secondary N) is 1. The minimum Gasteiger partial charge on any atom is -0.317 e. The maximum Gasteiger partial charge on any atom is 0.231 e. The molecular weight excluding hydrogens is 394 g/mol. The predicted molar refractivity (Wildman–Crippen MR) is 108 cm³/mol. The van der Waals surface area contributed by atoms with E-state index in [1.807, 2.05) is 0 Å². The van der Waals surface area contributed by atoms with E-state index in [-0.39, 0.29) is 11.3 Å². The second-order valence-electron chi connectivity index (χ2n) is 9.66. The molecule has 4 aliphatic rings. The van der Waals surface area contributed by atoms with E-state index >= 15 is 0 Å². The smallest absolute Gasteiger partial charge is 0.231 e. The molecule has 1 amide bonds. The van der Waals surface area contributed by atoms with Gasteiger partial charge < -0.3 is 5.32 Å². The molecule has 4 heteroatoms. The molecule has 0 spiro atoms. The molecule has 4 fully saturated rings. The van der Waals surface area contributed by atoms with Gasteiger partial charge in [-0.2, -0.15) is 0 Å². The number of anilines is 1. The monoisotopic (exact) mass is 417 g/mol. The number of amides is 1. The van der Waals surface area contributed by atoms with Gasteiger partial charge in [0.2, 0.25) is 5.91 Å². The fourth-order valence-corrected chi connectivity index (χ4v) is 8.34. The van der Waals surface area contributed by atoms with Gasteiger partial charge in [-0.15, -0.1) is 11.3 Å². The standard InChI is InChI=1S/C21H24BrNOS/c1-19-7-13-8-20(2,10-19)12-21(9-13,11-19)18(24)23-17-6-14-5-15(22)3-4-16(14)25-17/h3-6,13H,7-12H2,1-2H3,(H,23,24). The van der Waals surface area contributed by atoms with Crippen LogP contribution in [0.1, 0.15) is 52.4 Å². The average Bonchev–Trinajstić information content (AvgIpc) is 2.84. The number of carbonyl (C=O) groups is 1. The van der Waals surface area contributed by atoms with E-state index < -0.39 is 0 Å². The summed E-state index contributed by atoms with van der Waals surface area (Å²) >= 11 is 5.21. The lowest BCUT2D eigenvalue weighted by molar-refractivity contribution is -0.165. The van der Waals surface area contributed by atoms with Crippen LogP contribution in [0.2, 0.25) is 0 Å². The number of hydrogen-bond donors (Lipinski definition) is 1. The average molecular weight is 418 g/mol. The zero-order chi connectivity index (χ0) is 17.4. The third kappa shape index (κ3) is 2.59. The number of benzene rings is 1. The summed E-state index contributed by atoms with van der Waals surface area (Å²) in [5.41, 5.74) is 0.604. The fraction of sp³-hybridized carbons (Fsp3) is 0.571. The van der Waals surface area contributed by atoms with Crippen molar-refractivity contribution in [3.63, 3.8) is 0 Å². The van der Waals surface area contributed by atoms with Gasteiger partial charge in [-0.05, 0) is 84.9 Å². The lowest BCUT2D eigenvalue weighted by atomic mass is 9.40. The van der Waals surface area contributed by atoms with Crippen molar-refractivity contribution in [2.24, 2.45) is 22.2 Å². The summed E-state index contributed by atoms with van der Waals surface area (Å²) in [5, 5.41) is 5.49. The van der Waals surface area contributed by atoms with Gasteiger partial charge in [0.05, 0.1) is 10.4 Å². The SMILES string of the molecule is CC12CC3CC(C)(C1)CC(C(=O)Nc1cc4cc(Br)ccc4s1)(C3)C2. The molecule has 2 aromatic rings. The molecule has 2 unspecified atom stereocenters. The molecule has 1 N–H and O–H groups in total. The number of carbonyl (C=O) groups excluding carboxylic acids is 1. The van der Waals surface area contributed by atoms with Crippen LogP contribution in [-0.2, 0) is 4.79 Å². The molecule has 0 aliphatic heterocycles. The van der Waals surface area contributed by atoms with E-state index in [2.05, 4.69) is 59.4 Å². The highest BCUT2D eigenvalue weighted by molar-refractivity contribution is 9.10. The summed E-state index contributed by atoms with van der Waals surface area (Å²) in [6.07, 6.45) is 7.22. The van der Waals surface area contributed by atoms with Crippen LogP contribution in [0, 0.1) is 22.2 Å². The Morgan fingerprint density at radius 2 is 1.84 bits per heavy atom. The van der Waals surface area contributed by atoms with Crippen molar-refractivity contribution in [3.05, 3.63) is 28.7 Å². The number of thiophene rings is 1. The normalized spacial score (nSPS) is 39.1. The molecule has 2 nitrogen and oxygen atoms in total. The molecule has 4 saturated carbocycles. The summed E-state index contributed by atoms with van der Waals surface area (Å²) in [5.74, 6) is 1.02. The van der Waals surface area contributed by atoms with Crippen molar-refractivity contribution in [3.8, 4) is 0 Å². The highest BCUT2D eigenvalue weighted by Crippen LogP contribution is 2.69. The van der Waals surface area contributed by atoms with Crippen LogP contribution in [0.3, 0.4) is 0 Å². The molecule has 4 aliphatic carbocycles. The van der Waals surface area contributed by atoms with E-state index in [1.54, 1.807) is 11.3 Å². The molecule has 25 heavy (non-hydrogen) atoms. The highest BCUT2D eigenvalue weighted by Gasteiger charge is 2.62. The van der Waals surface area contributed by atoms with Crippen LogP contribution < -0.4 is 5.32 Å². The van der Waals surface area contributed by atoms with Crippen molar-refractivity contribution in [2.45, 2.75) is 52.4 Å². The summed E-state index contributed by atoms with van der Waals surface area (Å²) in [7, 11) is 0. The molecule has 2 atom stereocenters. The number of halogens is 1. The van der Waals surface area contributed by atoms with Crippen molar-refractivity contribution < 1.29 is 4.79 Å². The molecule has 0 saturated heterocycles. The third-order valence-electron chi connectivity index (χ3n) is 6.82. The Bertz CT molecular complexity index is 869. The molecule has 0 radical (unpaired) electrons. The van der Waals surface area contributed by atoms with Gasteiger partial charge in [0, 0.05) is 9.17 Å². The van der Waals surface area contributed by atoms with Crippen LogP contribution >= 0.6 is 27.3 Å². The molecular formula is C21H24BrNOS. The van der Waals surface area contributed by atoms with Gasteiger partial charge in [-0.1, -0.05) is 29.8 Å². The summed E-state index contributed by atoms with van der Waals surface area (Å²) in [4.78, 5) is 13.4. The molecule has 1 heterocycles. The van der Waals surface area contributed by atoms with Gasteiger partial charge in [0.25, 0.3) is 0 Å². The van der Waals surface area contributed by atoms with E-state index in [9.17, 15) is 4.79 Å². The Morgan fingerprint density at radius 1 is 1.12 bits per heavy atom. The maximum absolute atomic E-state index is 13.4. The third-order valence-corrected chi connectivity index (χ3v) is 8.35. The molecule has 1 aromatic carbocycles. The molecule has 6 rings (SSSR count). The topological polar surface area (TPSA) is 29.1 Å². The Hall–Kier alpha value is -0.870. The van der Waals surface area contributed by atoms with E-state index in [0.29, 0.717) is 10.8 Å². The minimum atomic E-state index is -0.139. The van der Waals surface area contributed by atoms with Crippen LogP contribution in [-0.4, -0.2) is 5.91 Å². The van der Waals surface area contributed by atoms with Gasteiger partial charge >= 0.3 is 0 Å². The fourth-order valence-electron chi connectivity index (χ4n) is 7.02.